The molecule has 2 aromatic rings. The van der Waals surface area contributed by atoms with E-state index in [0.29, 0.717) is 24.0 Å². The molecule has 2 heterocycles. The van der Waals surface area contributed by atoms with Gasteiger partial charge in [-0.3, -0.25) is 9.36 Å². The lowest BCUT2D eigenvalue weighted by atomic mass is 10.1. The molecule has 0 bridgehead atoms. The Kier molecular flexibility index (Phi) is 3.21. The molecule has 2 aromatic heterocycles. The molecule has 6 heteroatoms. The molecule has 6 nitrogen and oxygen atoms in total. The standard InChI is InChI=1S/C12H18N4O2/c1-12(2,3)16-10-9(7-14-16)11(18)15(8-13-10)5-4-6-17/h7-8,17H,4-6H2,1-3H3. The first-order valence-electron chi connectivity index (χ1n) is 5.99. The molecule has 18 heavy (non-hydrogen) atoms. The zero-order chi connectivity index (χ0) is 13.3. The van der Waals surface area contributed by atoms with E-state index in [4.69, 9.17) is 5.11 Å². The number of rotatable bonds is 3. The first-order chi connectivity index (χ1) is 8.45. The Morgan fingerprint density at radius 2 is 2.11 bits per heavy atom. The number of fused-ring (bicyclic) bond motifs is 1. The molecule has 0 unspecified atom stereocenters. The van der Waals surface area contributed by atoms with Crippen molar-refractivity contribution in [1.29, 1.82) is 0 Å². The normalized spacial score (nSPS) is 12.2. The number of nitrogens with zero attached hydrogens (tertiary/aromatic N) is 4. The highest BCUT2D eigenvalue weighted by Crippen LogP contribution is 2.17. The zero-order valence-corrected chi connectivity index (χ0v) is 10.9. The minimum Gasteiger partial charge on any atom is -0.396 e. The molecular formula is C12H18N4O2. The summed E-state index contributed by atoms with van der Waals surface area (Å²) in [5.41, 5.74) is 0.287. The van der Waals surface area contributed by atoms with Crippen LogP contribution in [0.2, 0.25) is 0 Å². The SMILES string of the molecule is CC(C)(C)n1ncc2c(=O)n(CCCO)cnc21. The van der Waals surface area contributed by atoms with Crippen molar-refractivity contribution in [3.63, 3.8) is 0 Å². The van der Waals surface area contributed by atoms with Gasteiger partial charge in [-0.1, -0.05) is 0 Å². The zero-order valence-electron chi connectivity index (χ0n) is 10.9. The topological polar surface area (TPSA) is 72.9 Å². The first kappa shape index (κ1) is 12.8. The van der Waals surface area contributed by atoms with Crippen LogP contribution in [-0.4, -0.2) is 31.0 Å². The summed E-state index contributed by atoms with van der Waals surface area (Å²) in [7, 11) is 0. The molecule has 0 amide bonds. The van der Waals surface area contributed by atoms with Crippen molar-refractivity contribution in [3.05, 3.63) is 22.9 Å². The fourth-order valence-corrected chi connectivity index (χ4v) is 1.84. The van der Waals surface area contributed by atoms with Gasteiger partial charge in [-0.15, -0.1) is 0 Å². The molecule has 0 fully saturated rings. The highest BCUT2D eigenvalue weighted by atomic mass is 16.3. The van der Waals surface area contributed by atoms with E-state index in [0.717, 1.165) is 0 Å². The van der Waals surface area contributed by atoms with Gasteiger partial charge in [0.25, 0.3) is 5.56 Å². The lowest BCUT2D eigenvalue weighted by molar-refractivity contribution is 0.279. The fourth-order valence-electron chi connectivity index (χ4n) is 1.84. The van der Waals surface area contributed by atoms with Crippen molar-refractivity contribution in [1.82, 2.24) is 19.3 Å². The molecular weight excluding hydrogens is 232 g/mol. The Balaban J connectivity index is 2.54. The molecule has 0 spiro atoms. The van der Waals surface area contributed by atoms with E-state index in [1.165, 1.54) is 10.9 Å². The van der Waals surface area contributed by atoms with Gasteiger partial charge < -0.3 is 5.11 Å². The van der Waals surface area contributed by atoms with Gasteiger partial charge in [0.1, 0.15) is 5.39 Å². The van der Waals surface area contributed by atoms with Crippen molar-refractivity contribution in [2.45, 2.75) is 39.3 Å². The highest BCUT2D eigenvalue weighted by Gasteiger charge is 2.19. The van der Waals surface area contributed by atoms with Crippen LogP contribution >= 0.6 is 0 Å². The summed E-state index contributed by atoms with van der Waals surface area (Å²) in [6, 6.07) is 0. The van der Waals surface area contributed by atoms with Crippen LogP contribution in [0.25, 0.3) is 11.0 Å². The van der Waals surface area contributed by atoms with Gasteiger partial charge in [-0.25, -0.2) is 9.67 Å². The number of aliphatic hydroxyl groups excluding tert-OH is 1. The second kappa shape index (κ2) is 4.53. The lowest BCUT2D eigenvalue weighted by Gasteiger charge is -2.19. The number of aliphatic hydroxyl groups is 1. The highest BCUT2D eigenvalue weighted by molar-refractivity contribution is 5.73. The summed E-state index contributed by atoms with van der Waals surface area (Å²) < 4.78 is 3.26. The average molecular weight is 250 g/mol. The molecule has 0 atom stereocenters. The number of aryl methyl sites for hydroxylation is 1. The Hall–Kier alpha value is -1.69. The van der Waals surface area contributed by atoms with Crippen molar-refractivity contribution < 1.29 is 5.11 Å². The van der Waals surface area contributed by atoms with E-state index >= 15 is 0 Å². The Bertz CT molecular complexity index is 607. The van der Waals surface area contributed by atoms with Gasteiger partial charge in [-0.2, -0.15) is 5.10 Å². The maximum atomic E-state index is 12.2. The molecule has 0 aromatic carbocycles. The van der Waals surface area contributed by atoms with Crippen LogP contribution in [0, 0.1) is 0 Å². The maximum absolute atomic E-state index is 12.2. The molecule has 0 saturated heterocycles. The summed E-state index contributed by atoms with van der Waals surface area (Å²) in [6.07, 6.45) is 3.62. The smallest absolute Gasteiger partial charge is 0.264 e. The largest absolute Gasteiger partial charge is 0.396 e. The van der Waals surface area contributed by atoms with Crippen LogP contribution in [0.1, 0.15) is 27.2 Å². The number of aromatic nitrogens is 4. The summed E-state index contributed by atoms with van der Waals surface area (Å²) >= 11 is 0. The summed E-state index contributed by atoms with van der Waals surface area (Å²) in [5.74, 6) is 0. The van der Waals surface area contributed by atoms with Crippen molar-refractivity contribution in [3.8, 4) is 0 Å². The van der Waals surface area contributed by atoms with Crippen molar-refractivity contribution >= 4 is 11.0 Å². The van der Waals surface area contributed by atoms with E-state index in [2.05, 4.69) is 10.1 Å². The van der Waals surface area contributed by atoms with Crippen LogP contribution in [0.3, 0.4) is 0 Å². The summed E-state index contributed by atoms with van der Waals surface area (Å²) in [5, 5.41) is 13.5. The minimum atomic E-state index is -0.210. The molecule has 1 N–H and O–H groups in total. The molecule has 98 valence electrons. The Morgan fingerprint density at radius 3 is 2.72 bits per heavy atom. The quantitative estimate of drug-likeness (QED) is 0.871. The Labute approximate surface area is 105 Å². The average Bonchev–Trinajstić information content (AvgIpc) is 2.72. The van der Waals surface area contributed by atoms with Crippen molar-refractivity contribution in [2.24, 2.45) is 0 Å². The van der Waals surface area contributed by atoms with E-state index in [9.17, 15) is 4.79 Å². The third kappa shape index (κ3) is 2.15. The van der Waals surface area contributed by atoms with Gasteiger partial charge in [0.05, 0.1) is 18.1 Å². The predicted octanol–water partition coefficient (Wildman–Crippen LogP) is 0.730. The van der Waals surface area contributed by atoms with Crippen LogP contribution in [0.5, 0.6) is 0 Å². The van der Waals surface area contributed by atoms with Gasteiger partial charge in [-0.05, 0) is 27.2 Å². The molecule has 0 aliphatic heterocycles. The molecule has 2 rings (SSSR count). The van der Waals surface area contributed by atoms with Crippen molar-refractivity contribution in [2.75, 3.05) is 6.61 Å². The van der Waals surface area contributed by atoms with Crippen LogP contribution in [0.15, 0.2) is 17.3 Å². The summed E-state index contributed by atoms with van der Waals surface area (Å²) in [4.78, 5) is 16.5. The second-order valence-electron chi connectivity index (χ2n) is 5.28. The van der Waals surface area contributed by atoms with E-state index in [-0.39, 0.29) is 17.7 Å². The summed E-state index contributed by atoms with van der Waals surface area (Å²) in [6.45, 7) is 6.57. The predicted molar refractivity (Wildman–Crippen MR) is 68.5 cm³/mol. The third-order valence-corrected chi connectivity index (χ3v) is 2.75. The minimum absolute atomic E-state index is 0.0612. The van der Waals surface area contributed by atoms with Gasteiger partial charge in [0.15, 0.2) is 5.65 Å². The van der Waals surface area contributed by atoms with Crippen LogP contribution < -0.4 is 5.56 Å². The monoisotopic (exact) mass is 250 g/mol. The van der Waals surface area contributed by atoms with E-state index in [1.54, 1.807) is 10.9 Å². The lowest BCUT2D eigenvalue weighted by Crippen LogP contribution is -2.25. The van der Waals surface area contributed by atoms with Crippen LogP contribution in [0.4, 0.5) is 0 Å². The molecule has 0 radical (unpaired) electrons. The molecule has 0 aliphatic rings. The number of hydrogen-bond acceptors (Lipinski definition) is 4. The maximum Gasteiger partial charge on any atom is 0.264 e. The third-order valence-electron chi connectivity index (χ3n) is 2.75. The fraction of sp³-hybridized carbons (Fsp3) is 0.583. The number of hydrogen-bond donors (Lipinski definition) is 1. The van der Waals surface area contributed by atoms with E-state index in [1.807, 2.05) is 20.8 Å². The van der Waals surface area contributed by atoms with Gasteiger partial charge in [0.2, 0.25) is 0 Å². The van der Waals surface area contributed by atoms with Gasteiger partial charge >= 0.3 is 0 Å². The van der Waals surface area contributed by atoms with E-state index < -0.39 is 0 Å². The molecule has 0 aliphatic carbocycles. The molecule has 0 saturated carbocycles. The Morgan fingerprint density at radius 1 is 1.39 bits per heavy atom. The first-order valence-corrected chi connectivity index (χ1v) is 5.99. The second-order valence-corrected chi connectivity index (χ2v) is 5.28. The van der Waals surface area contributed by atoms with Gasteiger partial charge in [0, 0.05) is 13.2 Å². The van der Waals surface area contributed by atoms with Crippen LogP contribution in [-0.2, 0) is 12.1 Å².